The van der Waals surface area contributed by atoms with Crippen LogP contribution < -0.4 is 0 Å². The number of carbonyl (C=O) groups is 1. The number of alkyl halides is 1. The first-order valence-electron chi connectivity index (χ1n) is 2.73. The third-order valence-electron chi connectivity index (χ3n) is 1.04. The smallest absolute Gasteiger partial charge is 0.345 e. The van der Waals surface area contributed by atoms with E-state index in [1.54, 1.807) is 0 Å². The average Bonchev–Trinajstić information content (AvgIpc) is 2.34. The summed E-state index contributed by atoms with van der Waals surface area (Å²) >= 11 is 3.62. The molecule has 0 amide bonds. The van der Waals surface area contributed by atoms with Crippen LogP contribution in [0.5, 0.6) is 0 Å². The van der Waals surface area contributed by atoms with E-state index < -0.39 is 5.44 Å². The zero-order chi connectivity index (χ0) is 7.56. The number of ether oxygens (including phenoxy) is 2. The molecule has 0 aromatic rings. The molecular weight excluding hydrogens is 267 g/mol. The van der Waals surface area contributed by atoms with E-state index in [1.165, 1.54) is 18.9 Å². The van der Waals surface area contributed by atoms with Crippen LogP contribution in [0.25, 0.3) is 0 Å². The van der Waals surface area contributed by atoms with Gasteiger partial charge in [0.15, 0.2) is 0 Å². The van der Waals surface area contributed by atoms with Crippen molar-refractivity contribution in [3.8, 4) is 0 Å². The van der Waals surface area contributed by atoms with Gasteiger partial charge in [0.05, 0.1) is 7.11 Å². The summed E-state index contributed by atoms with van der Waals surface area (Å²) in [6.45, 7) is 0. The number of halogens is 1. The van der Waals surface area contributed by atoms with Crippen LogP contribution >= 0.6 is 34.4 Å². The van der Waals surface area contributed by atoms with Gasteiger partial charge in [-0.05, 0) is 0 Å². The maximum Gasteiger partial charge on any atom is 0.345 e. The summed E-state index contributed by atoms with van der Waals surface area (Å²) < 4.78 is 9.83. The molecule has 5 heteroatoms. The molecule has 58 valence electrons. The Morgan fingerprint density at radius 1 is 1.90 bits per heavy atom. The Hall–Kier alpha value is 0.510. The lowest BCUT2D eigenvalue weighted by Gasteiger charge is -2.05. The average molecular weight is 274 g/mol. The number of esters is 1. The second-order valence-electron chi connectivity index (χ2n) is 1.73. The first kappa shape index (κ1) is 8.61. The van der Waals surface area contributed by atoms with Gasteiger partial charge < -0.3 is 9.47 Å². The Morgan fingerprint density at radius 3 is 3.00 bits per heavy atom. The van der Waals surface area contributed by atoms with E-state index in [9.17, 15) is 4.79 Å². The fourth-order valence-electron chi connectivity index (χ4n) is 0.596. The zero-order valence-corrected chi connectivity index (χ0v) is 8.35. The quantitative estimate of drug-likeness (QED) is 0.406. The Morgan fingerprint density at radius 2 is 2.60 bits per heavy atom. The van der Waals surface area contributed by atoms with Crippen LogP contribution in [0.3, 0.4) is 0 Å². The zero-order valence-electron chi connectivity index (χ0n) is 5.37. The van der Waals surface area contributed by atoms with Crippen molar-refractivity contribution in [3.63, 3.8) is 0 Å². The second-order valence-corrected chi connectivity index (χ2v) is 4.22. The number of thioether (sulfide) groups is 1. The highest BCUT2D eigenvalue weighted by Gasteiger charge is 2.30. The van der Waals surface area contributed by atoms with Gasteiger partial charge in [-0.3, -0.25) is 0 Å². The second kappa shape index (κ2) is 3.77. The van der Waals surface area contributed by atoms with E-state index in [0.717, 1.165) is 5.75 Å². The van der Waals surface area contributed by atoms with E-state index in [0.29, 0.717) is 0 Å². The monoisotopic (exact) mass is 274 g/mol. The topological polar surface area (TPSA) is 35.5 Å². The largest absolute Gasteiger partial charge is 0.466 e. The minimum Gasteiger partial charge on any atom is -0.466 e. The molecule has 0 N–H and O–H groups in total. The molecular formula is C5H7IO3S. The number of rotatable bonds is 1. The van der Waals surface area contributed by atoms with Crippen molar-refractivity contribution in [1.29, 1.82) is 0 Å². The van der Waals surface area contributed by atoms with Gasteiger partial charge in [-0.2, -0.15) is 0 Å². The molecule has 2 unspecified atom stereocenters. The molecule has 0 radical (unpaired) electrons. The Kier molecular flexibility index (Phi) is 3.25. The molecule has 3 nitrogen and oxygen atoms in total. The standard InChI is InChI=1S/C5H7IO3S/c1-8-4(7)5-9-3(6)2-10-5/h3,5H,2H2,1H3. The van der Waals surface area contributed by atoms with E-state index >= 15 is 0 Å². The molecule has 10 heavy (non-hydrogen) atoms. The summed E-state index contributed by atoms with van der Waals surface area (Å²) in [7, 11) is 1.37. The molecule has 1 fully saturated rings. The molecule has 1 aliphatic heterocycles. The van der Waals surface area contributed by atoms with Gasteiger partial charge in [0.2, 0.25) is 5.44 Å². The van der Waals surface area contributed by atoms with Crippen molar-refractivity contribution in [2.24, 2.45) is 0 Å². The van der Waals surface area contributed by atoms with Crippen LogP contribution in [0.1, 0.15) is 0 Å². The molecule has 1 aliphatic rings. The molecule has 1 rings (SSSR count). The fraction of sp³-hybridized carbons (Fsp3) is 0.800. The fourth-order valence-corrected chi connectivity index (χ4v) is 2.56. The molecule has 1 heterocycles. The van der Waals surface area contributed by atoms with Gasteiger partial charge in [-0.15, -0.1) is 11.8 Å². The van der Waals surface area contributed by atoms with Gasteiger partial charge in [-0.1, -0.05) is 22.6 Å². The van der Waals surface area contributed by atoms with Gasteiger partial charge >= 0.3 is 5.97 Å². The van der Waals surface area contributed by atoms with Gasteiger partial charge in [0.1, 0.15) is 4.11 Å². The molecule has 2 atom stereocenters. The van der Waals surface area contributed by atoms with E-state index in [1.807, 2.05) is 0 Å². The number of hydrogen-bond donors (Lipinski definition) is 0. The highest BCUT2D eigenvalue weighted by Crippen LogP contribution is 2.28. The number of methoxy groups -OCH3 is 1. The van der Waals surface area contributed by atoms with Crippen molar-refractivity contribution in [2.45, 2.75) is 9.55 Å². The maximum atomic E-state index is 10.8. The lowest BCUT2D eigenvalue weighted by Crippen LogP contribution is -2.18. The van der Waals surface area contributed by atoms with Crippen LogP contribution in [0.2, 0.25) is 0 Å². The summed E-state index contributed by atoms with van der Waals surface area (Å²) in [4.78, 5) is 10.8. The lowest BCUT2D eigenvalue weighted by molar-refractivity contribution is -0.147. The van der Waals surface area contributed by atoms with Crippen molar-refractivity contribution in [2.75, 3.05) is 12.9 Å². The van der Waals surface area contributed by atoms with Crippen LogP contribution in [-0.4, -0.2) is 28.4 Å². The minimum atomic E-state index is -0.396. The lowest BCUT2D eigenvalue weighted by atomic mass is 10.7. The van der Waals surface area contributed by atoms with E-state index in [2.05, 4.69) is 27.3 Å². The molecule has 0 aromatic carbocycles. The highest BCUT2D eigenvalue weighted by atomic mass is 127. The van der Waals surface area contributed by atoms with Gasteiger partial charge in [0, 0.05) is 5.75 Å². The molecule has 1 saturated heterocycles. The Bertz CT molecular complexity index is 141. The van der Waals surface area contributed by atoms with E-state index in [-0.39, 0.29) is 10.1 Å². The summed E-state index contributed by atoms with van der Waals surface area (Å²) in [5.74, 6) is 0.574. The number of carbonyl (C=O) groups excluding carboxylic acids is 1. The molecule has 0 saturated carbocycles. The first-order chi connectivity index (χ1) is 4.74. The van der Waals surface area contributed by atoms with Crippen molar-refractivity contribution < 1.29 is 14.3 Å². The SMILES string of the molecule is COC(=O)C1OC(I)CS1. The van der Waals surface area contributed by atoms with Crippen molar-refractivity contribution in [1.82, 2.24) is 0 Å². The minimum absolute atomic E-state index is 0.145. The molecule has 0 spiro atoms. The van der Waals surface area contributed by atoms with Crippen LogP contribution in [0.4, 0.5) is 0 Å². The Labute approximate surface area is 77.0 Å². The highest BCUT2D eigenvalue weighted by molar-refractivity contribution is 14.1. The third kappa shape index (κ3) is 2.00. The predicted octanol–water partition coefficient (Wildman–Crippen LogP) is 1.01. The normalized spacial score (nSPS) is 32.2. The summed E-state index contributed by atoms with van der Waals surface area (Å²) in [6, 6.07) is 0. The molecule has 0 bridgehead atoms. The maximum absolute atomic E-state index is 10.8. The van der Waals surface area contributed by atoms with Crippen molar-refractivity contribution in [3.05, 3.63) is 0 Å². The first-order valence-corrected chi connectivity index (χ1v) is 5.02. The van der Waals surface area contributed by atoms with Crippen LogP contribution in [0.15, 0.2) is 0 Å². The summed E-state index contributed by atoms with van der Waals surface area (Å²) in [6.07, 6.45) is 0. The van der Waals surface area contributed by atoms with Gasteiger partial charge in [-0.25, -0.2) is 4.79 Å². The van der Waals surface area contributed by atoms with Crippen LogP contribution in [-0.2, 0) is 14.3 Å². The van der Waals surface area contributed by atoms with Crippen LogP contribution in [0, 0.1) is 0 Å². The van der Waals surface area contributed by atoms with Crippen molar-refractivity contribution >= 4 is 40.3 Å². The molecule has 0 aromatic heterocycles. The molecule has 0 aliphatic carbocycles. The number of hydrogen-bond acceptors (Lipinski definition) is 4. The van der Waals surface area contributed by atoms with E-state index in [4.69, 9.17) is 4.74 Å². The summed E-state index contributed by atoms with van der Waals surface area (Å²) in [5.41, 5.74) is -0.396. The predicted molar refractivity (Wildman–Crippen MR) is 47.2 cm³/mol. The third-order valence-corrected chi connectivity index (χ3v) is 3.48. The van der Waals surface area contributed by atoms with Gasteiger partial charge in [0.25, 0.3) is 0 Å². The Balaban J connectivity index is 2.37. The summed E-state index contributed by atoms with van der Waals surface area (Å²) in [5, 5.41) is 0.